The Morgan fingerprint density at radius 2 is 2.00 bits per heavy atom. The fourth-order valence-corrected chi connectivity index (χ4v) is 4.28. The van der Waals surface area contributed by atoms with Crippen LogP contribution in [0.1, 0.15) is 29.8 Å². The first kappa shape index (κ1) is 19.1. The summed E-state index contributed by atoms with van der Waals surface area (Å²) in [7, 11) is 0. The van der Waals surface area contributed by atoms with Gasteiger partial charge in [-0.2, -0.15) is 0 Å². The van der Waals surface area contributed by atoms with Crippen molar-refractivity contribution in [3.63, 3.8) is 0 Å². The zero-order valence-electron chi connectivity index (χ0n) is 14.5. The summed E-state index contributed by atoms with van der Waals surface area (Å²) in [6.07, 6.45) is 0. The van der Waals surface area contributed by atoms with Crippen LogP contribution in [-0.2, 0) is 17.0 Å². The highest BCUT2D eigenvalue weighted by Gasteiger charge is 2.14. The lowest BCUT2D eigenvalue weighted by atomic mass is 10.2. The van der Waals surface area contributed by atoms with Crippen LogP contribution in [0.2, 0.25) is 10.0 Å². The zero-order chi connectivity index (χ0) is 18.7. The van der Waals surface area contributed by atoms with Gasteiger partial charge in [-0.1, -0.05) is 41.0 Å². The molecule has 0 bridgehead atoms. The lowest BCUT2D eigenvalue weighted by molar-refractivity contribution is 0.0526. The molecule has 0 aliphatic heterocycles. The molecule has 4 nitrogen and oxygen atoms in total. The van der Waals surface area contributed by atoms with Gasteiger partial charge >= 0.3 is 5.97 Å². The summed E-state index contributed by atoms with van der Waals surface area (Å²) in [6, 6.07) is 11.0. The van der Waals surface area contributed by atoms with Crippen molar-refractivity contribution in [2.45, 2.75) is 31.3 Å². The van der Waals surface area contributed by atoms with E-state index < -0.39 is 0 Å². The Hall–Kier alpha value is -1.69. The van der Waals surface area contributed by atoms with E-state index in [1.54, 1.807) is 36.9 Å². The molecule has 3 rings (SSSR count). The highest BCUT2D eigenvalue weighted by Crippen LogP contribution is 2.30. The second kappa shape index (κ2) is 8.33. The van der Waals surface area contributed by atoms with Crippen LogP contribution in [0.5, 0.6) is 0 Å². The van der Waals surface area contributed by atoms with E-state index in [-0.39, 0.29) is 5.97 Å². The molecule has 0 aliphatic rings. The van der Waals surface area contributed by atoms with E-state index in [9.17, 15) is 4.79 Å². The number of fused-ring (bicyclic) bond motifs is 1. The number of thioether (sulfide) groups is 1. The van der Waals surface area contributed by atoms with Crippen LogP contribution in [0.25, 0.3) is 11.0 Å². The van der Waals surface area contributed by atoms with Crippen LogP contribution in [0.4, 0.5) is 0 Å². The minimum Gasteiger partial charge on any atom is -0.462 e. The second-order valence-electron chi connectivity index (χ2n) is 5.59. The van der Waals surface area contributed by atoms with Gasteiger partial charge in [0.2, 0.25) is 0 Å². The number of esters is 1. The highest BCUT2D eigenvalue weighted by molar-refractivity contribution is 7.98. The average molecular weight is 409 g/mol. The third-order valence-corrected chi connectivity index (χ3v) is 5.52. The van der Waals surface area contributed by atoms with Gasteiger partial charge in [0, 0.05) is 22.3 Å². The monoisotopic (exact) mass is 408 g/mol. The third-order valence-electron chi connectivity index (χ3n) is 3.91. The molecule has 1 aromatic heterocycles. The Kier molecular flexibility index (Phi) is 6.12. The molecular weight excluding hydrogens is 391 g/mol. The van der Waals surface area contributed by atoms with Gasteiger partial charge in [-0.05, 0) is 49.7 Å². The lowest BCUT2D eigenvalue weighted by Crippen LogP contribution is -2.04. The number of hydrogen-bond donors (Lipinski definition) is 0. The minimum atomic E-state index is -0.331. The maximum Gasteiger partial charge on any atom is 0.338 e. The summed E-state index contributed by atoms with van der Waals surface area (Å²) in [5.74, 6) is 0.354. The van der Waals surface area contributed by atoms with E-state index in [1.165, 1.54) is 0 Å². The van der Waals surface area contributed by atoms with Gasteiger partial charge in [0.05, 0.1) is 23.2 Å². The molecule has 0 aliphatic carbocycles. The molecule has 2 aromatic carbocycles. The van der Waals surface area contributed by atoms with Gasteiger partial charge in [-0.25, -0.2) is 9.78 Å². The van der Waals surface area contributed by atoms with Gasteiger partial charge in [0.25, 0.3) is 0 Å². The molecule has 0 N–H and O–H groups in total. The molecule has 7 heteroatoms. The molecule has 1 heterocycles. The summed E-state index contributed by atoms with van der Waals surface area (Å²) in [6.45, 7) is 4.99. The number of rotatable bonds is 6. The molecular formula is C19H18Cl2N2O2S. The number of aryl methyl sites for hydroxylation is 1. The molecule has 0 saturated heterocycles. The predicted octanol–water partition coefficient (Wildman–Crippen LogP) is 5.83. The topological polar surface area (TPSA) is 44.1 Å². The SMILES string of the molecule is CCOC(=O)c1ccc2c(c1)nc(SCc1ccc(Cl)cc1Cl)n2CC. The average Bonchev–Trinajstić information content (AvgIpc) is 2.97. The van der Waals surface area contributed by atoms with E-state index in [2.05, 4.69) is 11.5 Å². The smallest absolute Gasteiger partial charge is 0.338 e. The van der Waals surface area contributed by atoms with Crippen molar-refractivity contribution in [2.24, 2.45) is 0 Å². The fraction of sp³-hybridized carbons (Fsp3) is 0.263. The Morgan fingerprint density at radius 1 is 1.19 bits per heavy atom. The van der Waals surface area contributed by atoms with Crippen molar-refractivity contribution >= 4 is 52.0 Å². The number of carbonyl (C=O) groups excluding carboxylic acids is 1. The van der Waals surface area contributed by atoms with Crippen LogP contribution in [0.3, 0.4) is 0 Å². The van der Waals surface area contributed by atoms with Crippen LogP contribution < -0.4 is 0 Å². The maximum atomic E-state index is 11.9. The van der Waals surface area contributed by atoms with Crippen molar-refractivity contribution < 1.29 is 9.53 Å². The normalized spacial score (nSPS) is 11.1. The molecule has 26 heavy (non-hydrogen) atoms. The van der Waals surface area contributed by atoms with Crippen molar-refractivity contribution in [3.8, 4) is 0 Å². The van der Waals surface area contributed by atoms with E-state index in [0.29, 0.717) is 28.0 Å². The molecule has 0 fully saturated rings. The number of nitrogens with zero attached hydrogens (tertiary/aromatic N) is 2. The Bertz CT molecular complexity index is 956. The standard InChI is InChI=1S/C19H18Cl2N2O2S/c1-3-23-17-8-6-12(18(24)25-4-2)9-16(17)22-19(23)26-11-13-5-7-14(20)10-15(13)21/h5-10H,3-4,11H2,1-2H3. The van der Waals surface area contributed by atoms with Gasteiger partial charge in [0.15, 0.2) is 5.16 Å². The Balaban J connectivity index is 1.88. The fourth-order valence-electron chi connectivity index (χ4n) is 2.65. The first-order valence-electron chi connectivity index (χ1n) is 8.27. The Labute approximate surface area is 166 Å². The first-order chi connectivity index (χ1) is 12.5. The van der Waals surface area contributed by atoms with Crippen molar-refractivity contribution in [3.05, 3.63) is 57.6 Å². The number of carbonyl (C=O) groups is 1. The van der Waals surface area contributed by atoms with E-state index in [1.807, 2.05) is 18.2 Å². The first-order valence-corrected chi connectivity index (χ1v) is 10.0. The summed E-state index contributed by atoms with van der Waals surface area (Å²) in [5.41, 5.74) is 3.28. The summed E-state index contributed by atoms with van der Waals surface area (Å²) >= 11 is 13.8. The largest absolute Gasteiger partial charge is 0.462 e. The molecule has 0 amide bonds. The highest BCUT2D eigenvalue weighted by atomic mass is 35.5. The van der Waals surface area contributed by atoms with Crippen molar-refractivity contribution in [1.82, 2.24) is 9.55 Å². The van der Waals surface area contributed by atoms with E-state index >= 15 is 0 Å². The van der Waals surface area contributed by atoms with Gasteiger partial charge in [-0.15, -0.1) is 0 Å². The van der Waals surface area contributed by atoms with Crippen LogP contribution in [0.15, 0.2) is 41.6 Å². The summed E-state index contributed by atoms with van der Waals surface area (Å²) < 4.78 is 7.19. The van der Waals surface area contributed by atoms with Crippen LogP contribution >= 0.6 is 35.0 Å². The number of aromatic nitrogens is 2. The molecule has 136 valence electrons. The van der Waals surface area contributed by atoms with Gasteiger partial charge in [-0.3, -0.25) is 0 Å². The number of imidazole rings is 1. The molecule has 0 unspecified atom stereocenters. The third kappa shape index (κ3) is 4.00. The maximum absolute atomic E-state index is 11.9. The van der Waals surface area contributed by atoms with Crippen LogP contribution in [-0.4, -0.2) is 22.1 Å². The lowest BCUT2D eigenvalue weighted by Gasteiger charge is -2.07. The quantitative estimate of drug-likeness (QED) is 0.379. The number of ether oxygens (including phenoxy) is 1. The number of halogens is 2. The minimum absolute atomic E-state index is 0.331. The van der Waals surface area contributed by atoms with Crippen LogP contribution in [0, 0.1) is 0 Å². The summed E-state index contributed by atoms with van der Waals surface area (Å²) in [5, 5.41) is 2.15. The predicted molar refractivity (Wildman–Crippen MR) is 107 cm³/mol. The van der Waals surface area contributed by atoms with Gasteiger partial charge in [0.1, 0.15) is 0 Å². The molecule has 0 radical (unpaired) electrons. The van der Waals surface area contributed by atoms with E-state index in [0.717, 1.165) is 28.3 Å². The molecule has 3 aromatic rings. The number of hydrogen-bond acceptors (Lipinski definition) is 4. The second-order valence-corrected chi connectivity index (χ2v) is 7.37. The van der Waals surface area contributed by atoms with Crippen molar-refractivity contribution in [1.29, 1.82) is 0 Å². The van der Waals surface area contributed by atoms with E-state index in [4.69, 9.17) is 32.9 Å². The Morgan fingerprint density at radius 3 is 2.69 bits per heavy atom. The molecule has 0 atom stereocenters. The molecule has 0 spiro atoms. The van der Waals surface area contributed by atoms with Crippen molar-refractivity contribution in [2.75, 3.05) is 6.61 Å². The van der Waals surface area contributed by atoms with Gasteiger partial charge < -0.3 is 9.30 Å². The molecule has 0 saturated carbocycles. The summed E-state index contributed by atoms with van der Waals surface area (Å²) in [4.78, 5) is 16.6. The zero-order valence-corrected chi connectivity index (χ0v) is 16.8. The number of benzene rings is 2.